The Bertz CT molecular complexity index is 690. The van der Waals surface area contributed by atoms with Gasteiger partial charge in [-0.15, -0.1) is 0 Å². The van der Waals surface area contributed by atoms with E-state index in [9.17, 15) is 0 Å². The second kappa shape index (κ2) is 6.88. The summed E-state index contributed by atoms with van der Waals surface area (Å²) in [6.45, 7) is 6.07. The van der Waals surface area contributed by atoms with E-state index < -0.39 is 0 Å². The van der Waals surface area contributed by atoms with E-state index in [1.165, 1.54) is 0 Å². The van der Waals surface area contributed by atoms with E-state index >= 15 is 0 Å². The molecule has 0 spiro atoms. The Morgan fingerprint density at radius 1 is 1.33 bits per heavy atom. The van der Waals surface area contributed by atoms with Crippen LogP contribution in [0.3, 0.4) is 0 Å². The van der Waals surface area contributed by atoms with Gasteiger partial charge in [0.2, 0.25) is 5.95 Å². The van der Waals surface area contributed by atoms with Gasteiger partial charge < -0.3 is 10.1 Å². The standard InChI is InChI=1S/C17H21N3O/c1-5-7-8-13(6-2)19-17-18-12(3)15-10-9-14(21-4)11-16(15)20-17/h6-11H,5H2,1-4H3,(H,18,19,20)/b8-7-,13-6+. The fourth-order valence-electron chi connectivity index (χ4n) is 2.03. The number of hydrogen-bond donors (Lipinski definition) is 1. The first kappa shape index (κ1) is 15.0. The van der Waals surface area contributed by atoms with Crippen LogP contribution in [0.15, 0.2) is 42.1 Å². The minimum atomic E-state index is 0.599. The van der Waals surface area contributed by atoms with Crippen LogP contribution in [0.1, 0.15) is 26.0 Å². The van der Waals surface area contributed by atoms with Gasteiger partial charge in [0, 0.05) is 17.1 Å². The minimum absolute atomic E-state index is 0.599. The summed E-state index contributed by atoms with van der Waals surface area (Å²) in [5, 5.41) is 4.28. The molecular weight excluding hydrogens is 262 g/mol. The normalized spacial score (nSPS) is 12.1. The van der Waals surface area contributed by atoms with Gasteiger partial charge in [-0.2, -0.15) is 0 Å². The SMILES string of the molecule is C/C=C(\C=C/CC)Nc1nc(C)c2ccc(OC)cc2n1. The van der Waals surface area contributed by atoms with E-state index in [0.717, 1.165) is 34.5 Å². The van der Waals surface area contributed by atoms with E-state index in [-0.39, 0.29) is 0 Å². The molecule has 4 nitrogen and oxygen atoms in total. The molecule has 0 saturated carbocycles. The maximum Gasteiger partial charge on any atom is 0.227 e. The number of nitrogens with one attached hydrogen (secondary N) is 1. The van der Waals surface area contributed by atoms with Crippen molar-refractivity contribution < 1.29 is 4.74 Å². The largest absolute Gasteiger partial charge is 0.497 e. The highest BCUT2D eigenvalue weighted by Gasteiger charge is 2.06. The molecule has 21 heavy (non-hydrogen) atoms. The third-order valence-corrected chi connectivity index (χ3v) is 3.19. The third kappa shape index (κ3) is 3.60. The minimum Gasteiger partial charge on any atom is -0.497 e. The number of fused-ring (bicyclic) bond motifs is 1. The van der Waals surface area contributed by atoms with Gasteiger partial charge in [0.05, 0.1) is 18.3 Å². The van der Waals surface area contributed by atoms with Gasteiger partial charge in [0.15, 0.2) is 0 Å². The van der Waals surface area contributed by atoms with Gasteiger partial charge in [-0.05, 0) is 38.5 Å². The van der Waals surface area contributed by atoms with Crippen molar-refractivity contribution >= 4 is 16.9 Å². The summed E-state index contributed by atoms with van der Waals surface area (Å²) in [4.78, 5) is 9.08. The second-order valence-electron chi connectivity index (χ2n) is 4.70. The molecule has 0 bridgehead atoms. The lowest BCUT2D eigenvalue weighted by molar-refractivity contribution is 0.415. The Balaban J connectivity index is 2.38. The first-order valence-corrected chi connectivity index (χ1v) is 7.10. The maximum atomic E-state index is 5.25. The van der Waals surface area contributed by atoms with E-state index in [2.05, 4.69) is 28.3 Å². The first-order valence-electron chi connectivity index (χ1n) is 7.10. The fourth-order valence-corrected chi connectivity index (χ4v) is 2.03. The number of nitrogens with zero attached hydrogens (tertiary/aromatic N) is 2. The summed E-state index contributed by atoms with van der Waals surface area (Å²) in [5.41, 5.74) is 2.80. The molecule has 0 aliphatic heterocycles. The van der Waals surface area contributed by atoms with E-state index in [4.69, 9.17) is 4.74 Å². The lowest BCUT2D eigenvalue weighted by Crippen LogP contribution is -2.03. The Kier molecular flexibility index (Phi) is 4.93. The predicted octanol–water partition coefficient (Wildman–Crippen LogP) is 4.23. The van der Waals surface area contributed by atoms with Gasteiger partial charge in [-0.3, -0.25) is 0 Å². The first-order chi connectivity index (χ1) is 10.2. The van der Waals surface area contributed by atoms with Gasteiger partial charge in [-0.1, -0.05) is 19.1 Å². The summed E-state index contributed by atoms with van der Waals surface area (Å²) in [7, 11) is 1.65. The molecule has 0 atom stereocenters. The molecule has 1 aromatic heterocycles. The van der Waals surface area contributed by atoms with Crippen molar-refractivity contribution in [2.75, 3.05) is 12.4 Å². The molecule has 1 heterocycles. The quantitative estimate of drug-likeness (QED) is 0.834. The monoisotopic (exact) mass is 283 g/mol. The third-order valence-electron chi connectivity index (χ3n) is 3.19. The van der Waals surface area contributed by atoms with Crippen LogP contribution < -0.4 is 10.1 Å². The Labute approximate surface area is 125 Å². The number of anilines is 1. The zero-order valence-corrected chi connectivity index (χ0v) is 13.0. The lowest BCUT2D eigenvalue weighted by Gasteiger charge is -2.09. The second-order valence-corrected chi connectivity index (χ2v) is 4.70. The van der Waals surface area contributed by atoms with E-state index in [0.29, 0.717) is 5.95 Å². The average molecular weight is 283 g/mol. The number of benzene rings is 1. The van der Waals surface area contributed by atoms with Crippen LogP contribution in [-0.4, -0.2) is 17.1 Å². The number of allylic oxidation sites excluding steroid dienone is 3. The summed E-state index contributed by atoms with van der Waals surface area (Å²) >= 11 is 0. The molecule has 0 aliphatic rings. The molecule has 110 valence electrons. The van der Waals surface area contributed by atoms with Gasteiger partial charge in [0.25, 0.3) is 0 Å². The Morgan fingerprint density at radius 2 is 2.14 bits per heavy atom. The molecule has 0 saturated heterocycles. The van der Waals surface area contributed by atoms with Gasteiger partial charge in [0.1, 0.15) is 5.75 Å². The van der Waals surface area contributed by atoms with E-state index in [1.807, 2.05) is 44.2 Å². The molecule has 1 aromatic carbocycles. The zero-order valence-electron chi connectivity index (χ0n) is 13.0. The number of ether oxygens (including phenoxy) is 1. The molecule has 0 radical (unpaired) electrons. The molecular formula is C17H21N3O. The van der Waals surface area contributed by atoms with Crippen molar-refractivity contribution in [2.24, 2.45) is 0 Å². The molecule has 1 N–H and O–H groups in total. The molecule has 0 amide bonds. The molecule has 0 fully saturated rings. The summed E-state index contributed by atoms with van der Waals surface area (Å²) in [6.07, 6.45) is 7.13. The number of rotatable bonds is 5. The summed E-state index contributed by atoms with van der Waals surface area (Å²) in [5.74, 6) is 1.39. The number of hydrogen-bond acceptors (Lipinski definition) is 4. The fraction of sp³-hybridized carbons (Fsp3) is 0.294. The van der Waals surface area contributed by atoms with Crippen LogP contribution >= 0.6 is 0 Å². The van der Waals surface area contributed by atoms with Crippen LogP contribution in [0.4, 0.5) is 5.95 Å². The van der Waals surface area contributed by atoms with Crippen molar-refractivity contribution in [3.8, 4) is 5.75 Å². The number of methoxy groups -OCH3 is 1. The molecule has 2 aromatic rings. The van der Waals surface area contributed by atoms with Crippen LogP contribution in [0.5, 0.6) is 5.75 Å². The van der Waals surface area contributed by atoms with Crippen LogP contribution in [0.25, 0.3) is 10.9 Å². The number of aromatic nitrogens is 2. The van der Waals surface area contributed by atoms with Crippen LogP contribution in [-0.2, 0) is 0 Å². The van der Waals surface area contributed by atoms with Crippen molar-refractivity contribution in [2.45, 2.75) is 27.2 Å². The van der Waals surface area contributed by atoms with Crippen molar-refractivity contribution in [1.29, 1.82) is 0 Å². The highest BCUT2D eigenvalue weighted by molar-refractivity contribution is 5.83. The molecule has 0 unspecified atom stereocenters. The zero-order chi connectivity index (χ0) is 15.2. The predicted molar refractivity (Wildman–Crippen MR) is 87.6 cm³/mol. The maximum absolute atomic E-state index is 5.25. The van der Waals surface area contributed by atoms with Crippen molar-refractivity contribution in [3.63, 3.8) is 0 Å². The smallest absolute Gasteiger partial charge is 0.227 e. The highest BCUT2D eigenvalue weighted by Crippen LogP contribution is 2.22. The average Bonchev–Trinajstić information content (AvgIpc) is 2.50. The Morgan fingerprint density at radius 3 is 2.81 bits per heavy atom. The van der Waals surface area contributed by atoms with Gasteiger partial charge in [-0.25, -0.2) is 9.97 Å². The molecule has 0 aliphatic carbocycles. The van der Waals surface area contributed by atoms with Crippen molar-refractivity contribution in [3.05, 3.63) is 47.8 Å². The highest BCUT2D eigenvalue weighted by atomic mass is 16.5. The number of aryl methyl sites for hydroxylation is 1. The topological polar surface area (TPSA) is 47.0 Å². The Hall–Kier alpha value is -2.36. The van der Waals surface area contributed by atoms with Crippen LogP contribution in [0, 0.1) is 6.92 Å². The van der Waals surface area contributed by atoms with Crippen LogP contribution in [0.2, 0.25) is 0 Å². The molecule has 4 heteroatoms. The summed E-state index contributed by atoms with van der Waals surface area (Å²) in [6, 6.07) is 5.83. The van der Waals surface area contributed by atoms with Gasteiger partial charge >= 0.3 is 0 Å². The lowest BCUT2D eigenvalue weighted by atomic mass is 10.2. The van der Waals surface area contributed by atoms with E-state index in [1.54, 1.807) is 7.11 Å². The summed E-state index contributed by atoms with van der Waals surface area (Å²) < 4.78 is 5.25. The van der Waals surface area contributed by atoms with Crippen molar-refractivity contribution in [1.82, 2.24) is 9.97 Å². The molecule has 2 rings (SSSR count).